The van der Waals surface area contributed by atoms with Crippen molar-refractivity contribution in [1.82, 2.24) is 14.9 Å². The molecule has 2 aliphatic heterocycles. The molecule has 5 aliphatic rings. The quantitative estimate of drug-likeness (QED) is 0.0981. The van der Waals surface area contributed by atoms with Crippen molar-refractivity contribution in [2.75, 3.05) is 19.0 Å². The smallest absolute Gasteiger partial charge is 0.226 e. The topological polar surface area (TPSA) is 148 Å². The van der Waals surface area contributed by atoms with Gasteiger partial charge in [0, 0.05) is 60.5 Å². The summed E-state index contributed by atoms with van der Waals surface area (Å²) in [6.45, 7) is 4.27. The summed E-state index contributed by atoms with van der Waals surface area (Å²) in [5.41, 5.74) is 2.72. The van der Waals surface area contributed by atoms with Crippen molar-refractivity contribution >= 4 is 52.2 Å². The number of anilines is 1. The van der Waals surface area contributed by atoms with E-state index in [2.05, 4.69) is 31.3 Å². The van der Waals surface area contributed by atoms with Gasteiger partial charge >= 0.3 is 0 Å². The molecule has 0 radical (unpaired) electrons. The number of rotatable bonds is 13. The summed E-state index contributed by atoms with van der Waals surface area (Å²) in [7, 11) is -2.31. The second-order valence-electron chi connectivity index (χ2n) is 19.8. The summed E-state index contributed by atoms with van der Waals surface area (Å²) in [5, 5.41) is 5.74. The first-order valence-corrected chi connectivity index (χ1v) is 26.4. The molecule has 4 heterocycles. The van der Waals surface area contributed by atoms with Gasteiger partial charge in [-0.2, -0.15) is 0 Å². The zero-order valence-electron chi connectivity index (χ0n) is 37.5. The van der Waals surface area contributed by atoms with Crippen LogP contribution in [0.3, 0.4) is 0 Å². The number of fused-ring (bicyclic) bond motifs is 5. The molecule has 9 atom stereocenters. The summed E-state index contributed by atoms with van der Waals surface area (Å²) in [6.07, 6.45) is 13.7. The van der Waals surface area contributed by atoms with E-state index in [9.17, 15) is 14.3 Å². The number of hydrogen-bond donors (Lipinski definition) is 2. The van der Waals surface area contributed by atoms with E-state index in [1.807, 2.05) is 60.0 Å². The minimum absolute atomic E-state index is 0.0203. The Kier molecular flexibility index (Phi) is 13.2. The zero-order chi connectivity index (χ0) is 44.6. The van der Waals surface area contributed by atoms with Crippen LogP contribution < -0.4 is 14.8 Å². The maximum atomic E-state index is 15.1. The standard InChI is InChI=1S/C51H63N4O7PS/c1-32(2)52-50-54-45(31-64-50)44-26-48(42-19-18-40(61-3)24-43(42)53-44)62-41-25-46-47(57)28-51(63(59,60)30-33-12-8-7-9-13-33)27-38(51)15-11-6-4-5-10-14-36(49(58)55(46)29-41)22-39(56)23-37-21-34-16-17-35(37)20-34/h7-9,11-13,15,18-19,24,26,31-32,34-38,41,46H,4-6,10,14,16-17,20-23,25,27-30H2,1-3H3,(H,52,54)(H,59,60)/b15-11-/t34?,35?,36-,37?,38-,41-,46+,51-/m1/s1. The number of ether oxygens (including phenoxy) is 2. The lowest BCUT2D eigenvalue weighted by Gasteiger charge is -2.30. The molecule has 11 nitrogen and oxygen atoms in total. The van der Waals surface area contributed by atoms with Crippen molar-refractivity contribution in [2.24, 2.45) is 29.6 Å². The monoisotopic (exact) mass is 906 g/mol. The number of nitrogens with one attached hydrogen (secondary N) is 1. The van der Waals surface area contributed by atoms with E-state index in [4.69, 9.17) is 19.4 Å². The van der Waals surface area contributed by atoms with E-state index < -0.39 is 30.6 Å². The van der Waals surface area contributed by atoms with E-state index in [1.54, 1.807) is 12.0 Å². The molecule has 13 heteroatoms. The van der Waals surface area contributed by atoms with Crippen molar-refractivity contribution < 1.29 is 33.3 Å². The molecule has 3 aliphatic carbocycles. The number of Topliss-reactive ketones (excluding diaryl/α,β-unsaturated/α-hetero) is 2. The predicted octanol–water partition coefficient (Wildman–Crippen LogP) is 10.6. The average Bonchev–Trinajstić information content (AvgIpc) is 3.80. The number of methoxy groups -OCH3 is 1. The highest BCUT2D eigenvalue weighted by molar-refractivity contribution is 7.59. The van der Waals surface area contributed by atoms with Gasteiger partial charge in [0.15, 0.2) is 10.9 Å². The Bertz CT molecular complexity index is 2440. The first-order chi connectivity index (χ1) is 30.9. The van der Waals surface area contributed by atoms with E-state index >= 15 is 9.59 Å². The second kappa shape index (κ2) is 18.8. The van der Waals surface area contributed by atoms with Crippen LogP contribution in [0.2, 0.25) is 0 Å². The molecule has 4 fully saturated rings. The number of nitrogens with zero attached hydrogens (tertiary/aromatic N) is 3. The largest absolute Gasteiger partial charge is 0.497 e. The van der Waals surface area contributed by atoms with Gasteiger partial charge in [-0.15, -0.1) is 11.3 Å². The molecule has 2 aromatic heterocycles. The van der Waals surface area contributed by atoms with Crippen LogP contribution in [0.4, 0.5) is 5.13 Å². The molecular weight excluding hydrogens is 844 g/mol. The fourth-order valence-corrected chi connectivity index (χ4v) is 14.8. The second-order valence-corrected chi connectivity index (χ2v) is 23.2. The van der Waals surface area contributed by atoms with E-state index in [0.29, 0.717) is 59.5 Å². The molecule has 2 N–H and O–H groups in total. The lowest BCUT2D eigenvalue weighted by Crippen LogP contribution is -2.45. The van der Waals surface area contributed by atoms with Gasteiger partial charge in [0.25, 0.3) is 0 Å². The minimum Gasteiger partial charge on any atom is -0.497 e. The highest BCUT2D eigenvalue weighted by atomic mass is 32.1. The first-order valence-electron chi connectivity index (χ1n) is 23.6. The SMILES string of the molecule is COc1ccc2c(O[C@@H]3C[C@H]4C(=O)C[C@]5(P(=O)(O)Cc6ccccc6)C[C@H]5/C=C\CCCCC[C@H](CC(=O)CC5CC6CCC5C6)C(=O)N4C3)cc(-c3csc(NC(C)C)n3)nc2c1. The highest BCUT2D eigenvalue weighted by Crippen LogP contribution is 2.74. The zero-order valence-corrected chi connectivity index (χ0v) is 39.2. The number of pyridine rings is 1. The van der Waals surface area contributed by atoms with E-state index in [1.165, 1.54) is 30.6 Å². The summed E-state index contributed by atoms with van der Waals surface area (Å²) in [4.78, 5) is 67.6. The molecule has 1 saturated heterocycles. The van der Waals surface area contributed by atoms with Crippen molar-refractivity contribution in [2.45, 2.75) is 133 Å². The van der Waals surface area contributed by atoms with Gasteiger partial charge in [-0.3, -0.25) is 18.9 Å². The number of carbonyl (C=O) groups excluding carboxylic acids is 3. The summed E-state index contributed by atoms with van der Waals surface area (Å²) in [5.74, 6) is 1.92. The predicted molar refractivity (Wildman–Crippen MR) is 252 cm³/mol. The summed E-state index contributed by atoms with van der Waals surface area (Å²) in [6, 6.07) is 16.2. The first kappa shape index (κ1) is 44.8. The molecule has 3 saturated carbocycles. The molecule has 9 rings (SSSR count). The number of ketones is 2. The lowest BCUT2D eigenvalue weighted by atomic mass is 9.83. The van der Waals surface area contributed by atoms with Crippen molar-refractivity contribution in [3.8, 4) is 22.9 Å². The Labute approximate surface area is 381 Å². The fourth-order valence-electron chi connectivity index (χ4n) is 11.5. The summed E-state index contributed by atoms with van der Waals surface area (Å²) < 4.78 is 27.1. The third-order valence-electron chi connectivity index (χ3n) is 14.9. The van der Waals surface area contributed by atoms with Crippen LogP contribution in [0.5, 0.6) is 11.5 Å². The Hall–Kier alpha value is -4.38. The molecular formula is C51H63N4O7PS. The number of carbonyl (C=O) groups is 3. The van der Waals surface area contributed by atoms with Gasteiger partial charge in [0.05, 0.1) is 42.2 Å². The molecule has 4 aromatic rings. The number of aromatic nitrogens is 2. The van der Waals surface area contributed by atoms with Crippen LogP contribution in [-0.4, -0.2) is 74.2 Å². The van der Waals surface area contributed by atoms with Gasteiger partial charge in [0.2, 0.25) is 13.3 Å². The van der Waals surface area contributed by atoms with Crippen LogP contribution >= 0.6 is 18.7 Å². The molecule has 340 valence electrons. The Morgan fingerprint density at radius 1 is 1.00 bits per heavy atom. The van der Waals surface area contributed by atoms with Crippen LogP contribution in [-0.2, 0) is 25.1 Å². The third-order valence-corrected chi connectivity index (χ3v) is 18.5. The maximum absolute atomic E-state index is 15.1. The third kappa shape index (κ3) is 9.61. The number of benzene rings is 2. The number of thiazole rings is 1. The Morgan fingerprint density at radius 3 is 2.61 bits per heavy atom. The normalized spacial score (nSPS) is 29.7. The molecule has 2 aromatic carbocycles. The van der Waals surface area contributed by atoms with Crippen molar-refractivity contribution in [3.63, 3.8) is 0 Å². The van der Waals surface area contributed by atoms with Crippen molar-refractivity contribution in [1.29, 1.82) is 0 Å². The van der Waals surface area contributed by atoms with Gasteiger partial charge in [-0.1, -0.05) is 61.7 Å². The number of hydrogen-bond acceptors (Lipinski definition) is 10. The van der Waals surface area contributed by atoms with Crippen LogP contribution in [0.25, 0.3) is 22.3 Å². The Morgan fingerprint density at radius 2 is 1.84 bits per heavy atom. The maximum Gasteiger partial charge on any atom is 0.226 e. The van der Waals surface area contributed by atoms with Crippen LogP contribution in [0.1, 0.15) is 109 Å². The lowest BCUT2D eigenvalue weighted by molar-refractivity contribution is -0.143. The molecule has 2 bridgehead atoms. The number of amides is 1. The fraction of sp³-hybridized carbons (Fsp3) is 0.549. The van der Waals surface area contributed by atoms with Crippen LogP contribution in [0, 0.1) is 29.6 Å². The Balaban J connectivity index is 1.04. The molecule has 1 amide bonds. The van der Waals surface area contributed by atoms with Gasteiger partial charge in [-0.25, -0.2) is 9.97 Å². The van der Waals surface area contributed by atoms with Gasteiger partial charge in [0.1, 0.15) is 29.1 Å². The average molecular weight is 907 g/mol. The van der Waals surface area contributed by atoms with Gasteiger partial charge < -0.3 is 24.6 Å². The highest BCUT2D eigenvalue weighted by Gasteiger charge is 2.65. The molecule has 0 spiro atoms. The molecule has 4 unspecified atom stereocenters. The summed E-state index contributed by atoms with van der Waals surface area (Å²) >= 11 is 1.50. The molecule has 64 heavy (non-hydrogen) atoms. The van der Waals surface area contributed by atoms with Crippen LogP contribution in [0.15, 0.2) is 72.1 Å². The number of allylic oxidation sites excluding steroid dienone is 2. The van der Waals surface area contributed by atoms with Gasteiger partial charge in [-0.05, 0) is 100 Å². The van der Waals surface area contributed by atoms with Crippen molar-refractivity contribution in [3.05, 3.63) is 77.7 Å². The van der Waals surface area contributed by atoms with E-state index in [-0.39, 0.29) is 61.4 Å². The minimum atomic E-state index is -3.92. The van der Waals surface area contributed by atoms with E-state index in [0.717, 1.165) is 54.1 Å².